The Balaban J connectivity index is 1.72. The third-order valence-corrected chi connectivity index (χ3v) is 5.23. The Morgan fingerprint density at radius 3 is 2.66 bits per heavy atom. The summed E-state index contributed by atoms with van der Waals surface area (Å²) in [5.74, 6) is 0.478. The summed E-state index contributed by atoms with van der Waals surface area (Å²) in [5, 5.41) is 9.73. The standard InChI is InChI=1S/C21H27N3O4S/c1-21(2,3)28-20(26)23-16-12-15(7-8-18(16)27-4)22-19(25)24-10-5-6-17(24)14-9-11-29-13-14/h7-9,11-13,17H,5-6,10H2,1-4H3,(H,22,25)(H,23,26)/t17-/m0/s1. The molecule has 1 aromatic heterocycles. The minimum Gasteiger partial charge on any atom is -0.495 e. The maximum absolute atomic E-state index is 12.9. The quantitative estimate of drug-likeness (QED) is 0.691. The summed E-state index contributed by atoms with van der Waals surface area (Å²) in [4.78, 5) is 26.9. The van der Waals surface area contributed by atoms with Gasteiger partial charge in [-0.3, -0.25) is 5.32 Å². The lowest BCUT2D eigenvalue weighted by molar-refractivity contribution is 0.0635. The molecule has 0 spiro atoms. The van der Waals surface area contributed by atoms with Gasteiger partial charge in [0.1, 0.15) is 11.4 Å². The first-order valence-electron chi connectivity index (χ1n) is 9.54. The van der Waals surface area contributed by atoms with Crippen molar-refractivity contribution in [2.45, 2.75) is 45.3 Å². The average Bonchev–Trinajstić information content (AvgIpc) is 3.31. The molecule has 1 aliphatic heterocycles. The molecule has 0 saturated carbocycles. The normalized spacial score (nSPS) is 16.4. The van der Waals surface area contributed by atoms with E-state index in [9.17, 15) is 9.59 Å². The van der Waals surface area contributed by atoms with Gasteiger partial charge in [0.05, 0.1) is 18.8 Å². The number of methoxy groups -OCH3 is 1. The lowest BCUT2D eigenvalue weighted by Gasteiger charge is -2.25. The van der Waals surface area contributed by atoms with Crippen molar-refractivity contribution >= 4 is 34.8 Å². The van der Waals surface area contributed by atoms with Crippen molar-refractivity contribution in [3.63, 3.8) is 0 Å². The molecule has 1 aliphatic rings. The Morgan fingerprint density at radius 1 is 1.21 bits per heavy atom. The van der Waals surface area contributed by atoms with E-state index in [1.165, 1.54) is 12.7 Å². The molecule has 0 bridgehead atoms. The number of urea groups is 1. The molecule has 1 saturated heterocycles. The van der Waals surface area contributed by atoms with Gasteiger partial charge in [0.15, 0.2) is 0 Å². The smallest absolute Gasteiger partial charge is 0.412 e. The van der Waals surface area contributed by atoms with Crippen LogP contribution in [0, 0.1) is 0 Å². The van der Waals surface area contributed by atoms with Crippen LogP contribution in [0.2, 0.25) is 0 Å². The zero-order valence-corrected chi connectivity index (χ0v) is 18.0. The van der Waals surface area contributed by atoms with Crippen LogP contribution in [0.15, 0.2) is 35.0 Å². The topological polar surface area (TPSA) is 79.9 Å². The lowest BCUT2D eigenvalue weighted by atomic mass is 10.1. The van der Waals surface area contributed by atoms with E-state index in [1.807, 2.05) is 10.3 Å². The third-order valence-electron chi connectivity index (χ3n) is 4.53. The fourth-order valence-electron chi connectivity index (χ4n) is 3.31. The SMILES string of the molecule is COc1ccc(NC(=O)N2CCC[C@H]2c2ccsc2)cc1NC(=O)OC(C)(C)C. The summed E-state index contributed by atoms with van der Waals surface area (Å²) in [7, 11) is 1.52. The van der Waals surface area contributed by atoms with Gasteiger partial charge in [0, 0.05) is 12.2 Å². The van der Waals surface area contributed by atoms with E-state index in [0.717, 1.165) is 12.8 Å². The van der Waals surface area contributed by atoms with Gasteiger partial charge in [0.25, 0.3) is 0 Å². The predicted molar refractivity (Wildman–Crippen MR) is 115 cm³/mol. The van der Waals surface area contributed by atoms with Crippen molar-refractivity contribution in [1.29, 1.82) is 0 Å². The second-order valence-electron chi connectivity index (χ2n) is 7.88. The highest BCUT2D eigenvalue weighted by Crippen LogP contribution is 2.34. The largest absolute Gasteiger partial charge is 0.495 e. The molecule has 2 N–H and O–H groups in total. The van der Waals surface area contributed by atoms with Crippen molar-refractivity contribution in [2.75, 3.05) is 24.3 Å². The number of hydrogen-bond acceptors (Lipinski definition) is 5. The summed E-state index contributed by atoms with van der Waals surface area (Å²) in [6, 6.07) is 7.11. The van der Waals surface area contributed by atoms with Crippen LogP contribution < -0.4 is 15.4 Å². The van der Waals surface area contributed by atoms with E-state index < -0.39 is 11.7 Å². The first-order valence-corrected chi connectivity index (χ1v) is 10.5. The molecule has 1 aromatic carbocycles. The summed E-state index contributed by atoms with van der Waals surface area (Å²) in [5.41, 5.74) is 1.55. The number of hydrogen-bond donors (Lipinski definition) is 2. The van der Waals surface area contributed by atoms with Gasteiger partial charge in [-0.05, 0) is 74.2 Å². The number of rotatable bonds is 4. The number of nitrogens with zero attached hydrogens (tertiary/aromatic N) is 1. The molecule has 0 unspecified atom stereocenters. The van der Waals surface area contributed by atoms with E-state index in [1.54, 1.807) is 50.3 Å². The Labute approximate surface area is 175 Å². The van der Waals surface area contributed by atoms with Gasteiger partial charge < -0.3 is 19.7 Å². The monoisotopic (exact) mass is 417 g/mol. The van der Waals surface area contributed by atoms with Gasteiger partial charge >= 0.3 is 12.1 Å². The summed E-state index contributed by atoms with van der Waals surface area (Å²) < 4.78 is 10.6. The number of thiophene rings is 1. The molecular weight excluding hydrogens is 390 g/mol. The van der Waals surface area contributed by atoms with Crippen LogP contribution in [0.4, 0.5) is 21.0 Å². The number of likely N-dealkylation sites (tertiary alicyclic amines) is 1. The van der Waals surface area contributed by atoms with Crippen LogP contribution in [-0.4, -0.2) is 36.3 Å². The molecule has 8 heteroatoms. The number of anilines is 2. The average molecular weight is 418 g/mol. The Hall–Kier alpha value is -2.74. The third kappa shape index (κ3) is 5.41. The van der Waals surface area contributed by atoms with Crippen molar-refractivity contribution < 1.29 is 19.1 Å². The van der Waals surface area contributed by atoms with Crippen LogP contribution in [0.3, 0.4) is 0 Å². The van der Waals surface area contributed by atoms with E-state index in [-0.39, 0.29) is 12.1 Å². The molecule has 2 aromatic rings. The molecule has 2 heterocycles. The highest BCUT2D eigenvalue weighted by Gasteiger charge is 2.30. The fourth-order valence-corrected chi connectivity index (χ4v) is 4.02. The van der Waals surface area contributed by atoms with Crippen molar-refractivity contribution in [2.24, 2.45) is 0 Å². The van der Waals surface area contributed by atoms with Gasteiger partial charge in [0.2, 0.25) is 0 Å². The number of amides is 3. The van der Waals surface area contributed by atoms with Crippen LogP contribution >= 0.6 is 11.3 Å². The van der Waals surface area contributed by atoms with Crippen LogP contribution in [0.5, 0.6) is 5.75 Å². The number of carbonyl (C=O) groups excluding carboxylic acids is 2. The Bertz CT molecular complexity index is 861. The molecule has 3 rings (SSSR count). The van der Waals surface area contributed by atoms with Crippen LogP contribution in [0.1, 0.15) is 45.2 Å². The molecule has 29 heavy (non-hydrogen) atoms. The molecule has 0 aliphatic carbocycles. The number of benzene rings is 1. The molecule has 1 atom stereocenters. The molecule has 7 nitrogen and oxygen atoms in total. The van der Waals surface area contributed by atoms with E-state index >= 15 is 0 Å². The Kier molecular flexibility index (Phi) is 6.32. The molecule has 3 amide bonds. The first-order chi connectivity index (χ1) is 13.8. The van der Waals surface area contributed by atoms with Gasteiger partial charge in [-0.15, -0.1) is 0 Å². The number of carbonyl (C=O) groups is 2. The maximum Gasteiger partial charge on any atom is 0.412 e. The minimum absolute atomic E-state index is 0.0962. The highest BCUT2D eigenvalue weighted by molar-refractivity contribution is 7.08. The number of ether oxygens (including phenoxy) is 2. The van der Waals surface area contributed by atoms with Crippen molar-refractivity contribution in [3.05, 3.63) is 40.6 Å². The van der Waals surface area contributed by atoms with Crippen molar-refractivity contribution in [3.8, 4) is 5.75 Å². The predicted octanol–water partition coefficient (Wildman–Crippen LogP) is 5.47. The second kappa shape index (κ2) is 8.73. The van der Waals surface area contributed by atoms with E-state index in [4.69, 9.17) is 9.47 Å². The molecule has 1 fully saturated rings. The minimum atomic E-state index is -0.616. The van der Waals surface area contributed by atoms with Gasteiger partial charge in [-0.25, -0.2) is 9.59 Å². The number of nitrogens with one attached hydrogen (secondary N) is 2. The van der Waals surface area contributed by atoms with E-state index in [0.29, 0.717) is 23.7 Å². The zero-order chi connectivity index (χ0) is 21.0. The molecule has 156 valence electrons. The fraction of sp³-hybridized carbons (Fsp3) is 0.429. The zero-order valence-electron chi connectivity index (χ0n) is 17.2. The van der Waals surface area contributed by atoms with Gasteiger partial charge in [-0.2, -0.15) is 11.3 Å². The van der Waals surface area contributed by atoms with Crippen molar-refractivity contribution in [1.82, 2.24) is 4.90 Å². The highest BCUT2D eigenvalue weighted by atomic mass is 32.1. The second-order valence-corrected chi connectivity index (χ2v) is 8.66. The lowest BCUT2D eigenvalue weighted by Crippen LogP contribution is -2.34. The molecular formula is C21H27N3O4S. The van der Waals surface area contributed by atoms with Crippen LogP contribution in [-0.2, 0) is 4.74 Å². The maximum atomic E-state index is 12.9. The Morgan fingerprint density at radius 2 is 2.00 bits per heavy atom. The summed E-state index contributed by atoms with van der Waals surface area (Å²) >= 11 is 1.64. The first kappa shape index (κ1) is 21.0. The summed E-state index contributed by atoms with van der Waals surface area (Å²) in [6.07, 6.45) is 1.34. The van der Waals surface area contributed by atoms with Crippen LogP contribution in [0.25, 0.3) is 0 Å². The molecule has 0 radical (unpaired) electrons. The summed E-state index contributed by atoms with van der Waals surface area (Å²) in [6.45, 7) is 6.09. The van der Waals surface area contributed by atoms with Gasteiger partial charge in [-0.1, -0.05) is 0 Å². The van der Waals surface area contributed by atoms with E-state index in [2.05, 4.69) is 22.1 Å².